The van der Waals surface area contributed by atoms with Gasteiger partial charge < -0.3 is 5.73 Å². The SMILES string of the molecule is Cc1c(C#N)c(N)cc2ccccc12. The number of hydrogen-bond donors (Lipinski definition) is 1. The van der Waals surface area contributed by atoms with Crippen molar-refractivity contribution in [1.82, 2.24) is 0 Å². The topological polar surface area (TPSA) is 49.8 Å². The van der Waals surface area contributed by atoms with Gasteiger partial charge in [0, 0.05) is 0 Å². The Hall–Kier alpha value is -2.01. The zero-order chi connectivity index (χ0) is 10.1. The Bertz CT molecular complexity index is 536. The summed E-state index contributed by atoms with van der Waals surface area (Å²) in [5, 5.41) is 11.1. The molecule has 2 aromatic rings. The second-order valence-electron chi connectivity index (χ2n) is 3.30. The molecule has 0 atom stereocenters. The van der Waals surface area contributed by atoms with Gasteiger partial charge >= 0.3 is 0 Å². The average molecular weight is 182 g/mol. The Morgan fingerprint density at radius 2 is 2.00 bits per heavy atom. The second kappa shape index (κ2) is 3.04. The van der Waals surface area contributed by atoms with Crippen molar-refractivity contribution < 1.29 is 0 Å². The molecule has 0 saturated carbocycles. The molecular weight excluding hydrogens is 172 g/mol. The summed E-state index contributed by atoms with van der Waals surface area (Å²) >= 11 is 0. The summed E-state index contributed by atoms with van der Waals surface area (Å²) in [6.45, 7) is 1.93. The fourth-order valence-corrected chi connectivity index (χ4v) is 1.70. The molecule has 2 N–H and O–H groups in total. The maximum atomic E-state index is 8.93. The van der Waals surface area contributed by atoms with Crippen LogP contribution < -0.4 is 5.73 Å². The minimum Gasteiger partial charge on any atom is -0.398 e. The number of nitriles is 1. The van der Waals surface area contributed by atoms with E-state index in [1.165, 1.54) is 0 Å². The number of anilines is 1. The number of nitrogen functional groups attached to an aromatic ring is 1. The molecule has 0 radical (unpaired) electrons. The molecule has 0 saturated heterocycles. The molecule has 2 heteroatoms. The number of nitrogens with two attached hydrogens (primary N) is 1. The standard InChI is InChI=1S/C12H10N2/c1-8-10-5-3-2-4-9(10)6-12(14)11(8)7-13/h2-6H,14H2,1H3. The third-order valence-electron chi connectivity index (χ3n) is 2.45. The lowest BCUT2D eigenvalue weighted by molar-refractivity contribution is 1.43. The van der Waals surface area contributed by atoms with Gasteiger partial charge in [0.15, 0.2) is 0 Å². The van der Waals surface area contributed by atoms with Crippen molar-refractivity contribution in [1.29, 1.82) is 5.26 Å². The number of aryl methyl sites for hydroxylation is 1. The minimum atomic E-state index is 0.559. The number of benzene rings is 2. The van der Waals surface area contributed by atoms with E-state index >= 15 is 0 Å². The van der Waals surface area contributed by atoms with Gasteiger partial charge in [-0.1, -0.05) is 24.3 Å². The van der Waals surface area contributed by atoms with Crippen LogP contribution in [-0.4, -0.2) is 0 Å². The van der Waals surface area contributed by atoms with Crippen molar-refractivity contribution in [2.24, 2.45) is 0 Å². The van der Waals surface area contributed by atoms with Crippen LogP contribution in [0.2, 0.25) is 0 Å². The lowest BCUT2D eigenvalue weighted by Gasteiger charge is -2.06. The molecule has 68 valence electrons. The van der Waals surface area contributed by atoms with Gasteiger partial charge in [0.25, 0.3) is 0 Å². The van der Waals surface area contributed by atoms with Crippen LogP contribution in [0.1, 0.15) is 11.1 Å². The molecule has 0 aliphatic carbocycles. The van der Waals surface area contributed by atoms with Gasteiger partial charge in [0.05, 0.1) is 11.3 Å². The maximum Gasteiger partial charge on any atom is 0.102 e. The van der Waals surface area contributed by atoms with E-state index in [0.717, 1.165) is 16.3 Å². The molecule has 0 unspecified atom stereocenters. The highest BCUT2D eigenvalue weighted by Crippen LogP contribution is 2.26. The first kappa shape index (κ1) is 8.58. The van der Waals surface area contributed by atoms with Crippen molar-refractivity contribution >= 4 is 16.5 Å². The van der Waals surface area contributed by atoms with Crippen LogP contribution in [0.4, 0.5) is 5.69 Å². The zero-order valence-corrected chi connectivity index (χ0v) is 7.91. The zero-order valence-electron chi connectivity index (χ0n) is 7.91. The summed E-state index contributed by atoms with van der Waals surface area (Å²) in [6, 6.07) is 11.9. The number of rotatable bonds is 0. The fourth-order valence-electron chi connectivity index (χ4n) is 1.70. The predicted molar refractivity (Wildman–Crippen MR) is 57.8 cm³/mol. The minimum absolute atomic E-state index is 0.559. The normalized spacial score (nSPS) is 10.0. The fraction of sp³-hybridized carbons (Fsp3) is 0.0833. The lowest BCUT2D eigenvalue weighted by atomic mass is 9.99. The molecule has 0 aliphatic heterocycles. The molecule has 0 spiro atoms. The van der Waals surface area contributed by atoms with E-state index in [1.54, 1.807) is 0 Å². The Morgan fingerprint density at radius 1 is 1.29 bits per heavy atom. The van der Waals surface area contributed by atoms with Crippen LogP contribution in [0, 0.1) is 18.3 Å². The van der Waals surface area contributed by atoms with E-state index in [9.17, 15) is 0 Å². The molecular formula is C12H10N2. The summed E-state index contributed by atoms with van der Waals surface area (Å²) < 4.78 is 0. The molecule has 0 heterocycles. The first-order valence-electron chi connectivity index (χ1n) is 4.42. The highest BCUT2D eigenvalue weighted by atomic mass is 14.6. The number of hydrogen-bond acceptors (Lipinski definition) is 2. The van der Waals surface area contributed by atoms with Crippen molar-refractivity contribution in [3.63, 3.8) is 0 Å². The Labute approximate surface area is 82.6 Å². The molecule has 0 fully saturated rings. The molecule has 2 rings (SSSR count). The third kappa shape index (κ3) is 1.11. The summed E-state index contributed by atoms with van der Waals surface area (Å²) in [4.78, 5) is 0. The van der Waals surface area contributed by atoms with E-state index in [4.69, 9.17) is 11.0 Å². The van der Waals surface area contributed by atoms with Gasteiger partial charge in [-0.2, -0.15) is 5.26 Å². The van der Waals surface area contributed by atoms with Gasteiger partial charge in [-0.05, 0) is 29.3 Å². The number of fused-ring (bicyclic) bond motifs is 1. The lowest BCUT2D eigenvalue weighted by Crippen LogP contribution is -1.94. The van der Waals surface area contributed by atoms with Crippen molar-refractivity contribution in [2.45, 2.75) is 6.92 Å². The summed E-state index contributed by atoms with van der Waals surface area (Å²) in [5.74, 6) is 0. The summed E-state index contributed by atoms with van der Waals surface area (Å²) in [7, 11) is 0. The molecule has 0 aliphatic rings. The molecule has 2 nitrogen and oxygen atoms in total. The van der Waals surface area contributed by atoms with Gasteiger partial charge in [-0.15, -0.1) is 0 Å². The van der Waals surface area contributed by atoms with Crippen molar-refractivity contribution in [2.75, 3.05) is 5.73 Å². The van der Waals surface area contributed by atoms with Gasteiger partial charge in [0.1, 0.15) is 6.07 Å². The van der Waals surface area contributed by atoms with Gasteiger partial charge in [0.2, 0.25) is 0 Å². The van der Waals surface area contributed by atoms with E-state index in [-0.39, 0.29) is 0 Å². The highest BCUT2D eigenvalue weighted by Gasteiger charge is 2.06. The largest absolute Gasteiger partial charge is 0.398 e. The van der Waals surface area contributed by atoms with Gasteiger partial charge in [-0.3, -0.25) is 0 Å². The first-order chi connectivity index (χ1) is 6.74. The summed E-state index contributed by atoms with van der Waals surface area (Å²) in [6.07, 6.45) is 0. The smallest absolute Gasteiger partial charge is 0.102 e. The summed E-state index contributed by atoms with van der Waals surface area (Å²) in [5.41, 5.74) is 7.88. The molecule has 14 heavy (non-hydrogen) atoms. The molecule has 0 aromatic heterocycles. The van der Waals surface area contributed by atoms with Crippen LogP contribution in [0.25, 0.3) is 10.8 Å². The highest BCUT2D eigenvalue weighted by molar-refractivity contribution is 5.91. The van der Waals surface area contributed by atoms with E-state index in [1.807, 2.05) is 37.3 Å². The monoisotopic (exact) mass is 182 g/mol. The van der Waals surface area contributed by atoms with Crippen molar-refractivity contribution in [3.05, 3.63) is 41.5 Å². The quantitative estimate of drug-likeness (QED) is 0.636. The average Bonchev–Trinajstić information content (AvgIpc) is 2.18. The second-order valence-corrected chi connectivity index (χ2v) is 3.30. The number of nitrogens with zero attached hydrogens (tertiary/aromatic N) is 1. The van der Waals surface area contributed by atoms with Gasteiger partial charge in [-0.25, -0.2) is 0 Å². The first-order valence-corrected chi connectivity index (χ1v) is 4.42. The molecule has 2 aromatic carbocycles. The predicted octanol–water partition coefficient (Wildman–Crippen LogP) is 2.60. The van der Waals surface area contributed by atoms with Crippen LogP contribution in [-0.2, 0) is 0 Å². The molecule has 0 bridgehead atoms. The van der Waals surface area contributed by atoms with E-state index in [0.29, 0.717) is 11.3 Å². The van der Waals surface area contributed by atoms with Crippen molar-refractivity contribution in [3.8, 4) is 6.07 Å². The Morgan fingerprint density at radius 3 is 2.71 bits per heavy atom. The van der Waals surface area contributed by atoms with E-state index in [2.05, 4.69) is 6.07 Å². The molecule has 0 amide bonds. The van der Waals surface area contributed by atoms with Crippen LogP contribution in [0.3, 0.4) is 0 Å². The van der Waals surface area contributed by atoms with Crippen LogP contribution in [0.5, 0.6) is 0 Å². The maximum absolute atomic E-state index is 8.93. The van der Waals surface area contributed by atoms with E-state index < -0.39 is 0 Å². The Balaban J connectivity index is 2.95. The third-order valence-corrected chi connectivity index (χ3v) is 2.45. The Kier molecular flexibility index (Phi) is 1.86. The van der Waals surface area contributed by atoms with Crippen LogP contribution >= 0.6 is 0 Å². The van der Waals surface area contributed by atoms with Crippen LogP contribution in [0.15, 0.2) is 30.3 Å².